The molecule has 1 amide bonds. The maximum atomic E-state index is 12.8. The van der Waals surface area contributed by atoms with E-state index in [1.807, 2.05) is 36.1 Å². The van der Waals surface area contributed by atoms with Crippen LogP contribution in [0.25, 0.3) is 0 Å². The second-order valence-corrected chi connectivity index (χ2v) is 6.54. The number of carbonyl (C=O) groups is 1. The van der Waals surface area contributed by atoms with Crippen LogP contribution in [0.5, 0.6) is 5.75 Å². The summed E-state index contributed by atoms with van der Waals surface area (Å²) in [5, 5.41) is 9.21. The number of nitrogens with zero attached hydrogens (tertiary/aromatic N) is 2. The normalized spacial score (nSPS) is 17.0. The molecule has 0 radical (unpaired) electrons. The topological polar surface area (TPSA) is 53.3 Å². The molecule has 0 saturated carbocycles. The number of nitriles is 1. The van der Waals surface area contributed by atoms with Gasteiger partial charge in [-0.15, -0.1) is 0 Å². The quantitative estimate of drug-likeness (QED) is 0.854. The van der Waals surface area contributed by atoms with Gasteiger partial charge >= 0.3 is 0 Å². The van der Waals surface area contributed by atoms with E-state index in [1.54, 1.807) is 24.3 Å². The Kier molecular flexibility index (Phi) is 5.35. The highest BCUT2D eigenvalue weighted by Crippen LogP contribution is 2.22. The molecule has 2 aromatic rings. The van der Waals surface area contributed by atoms with Crippen molar-refractivity contribution in [1.82, 2.24) is 4.90 Å². The minimum atomic E-state index is -0.0580. The molecule has 1 aliphatic heterocycles. The number of aryl methyl sites for hydroxylation is 1. The fourth-order valence-electron chi connectivity index (χ4n) is 3.24. The first-order valence-electron chi connectivity index (χ1n) is 8.65. The van der Waals surface area contributed by atoms with Gasteiger partial charge in [-0.05, 0) is 49.6 Å². The number of benzene rings is 2. The molecule has 0 aliphatic carbocycles. The lowest BCUT2D eigenvalue weighted by Crippen LogP contribution is -2.41. The van der Waals surface area contributed by atoms with Gasteiger partial charge in [0.15, 0.2) is 0 Å². The van der Waals surface area contributed by atoms with E-state index in [4.69, 9.17) is 4.74 Å². The van der Waals surface area contributed by atoms with Crippen LogP contribution < -0.4 is 4.74 Å². The Balaban J connectivity index is 1.63. The van der Waals surface area contributed by atoms with E-state index in [0.29, 0.717) is 30.2 Å². The summed E-state index contributed by atoms with van der Waals surface area (Å²) in [7, 11) is 0. The molecule has 0 bridgehead atoms. The molecule has 4 heteroatoms. The van der Waals surface area contributed by atoms with Crippen molar-refractivity contribution >= 4 is 5.91 Å². The van der Waals surface area contributed by atoms with Crippen molar-refractivity contribution < 1.29 is 9.53 Å². The fourth-order valence-corrected chi connectivity index (χ4v) is 3.24. The van der Waals surface area contributed by atoms with Gasteiger partial charge in [-0.3, -0.25) is 4.79 Å². The van der Waals surface area contributed by atoms with Crippen LogP contribution in [0.2, 0.25) is 0 Å². The van der Waals surface area contributed by atoms with Crippen LogP contribution in [0, 0.1) is 24.2 Å². The maximum absolute atomic E-state index is 12.8. The predicted molar refractivity (Wildman–Crippen MR) is 96.5 cm³/mol. The van der Waals surface area contributed by atoms with Gasteiger partial charge in [0.25, 0.3) is 5.91 Å². The third kappa shape index (κ3) is 4.19. The summed E-state index contributed by atoms with van der Waals surface area (Å²) < 4.78 is 5.91. The van der Waals surface area contributed by atoms with Crippen LogP contribution in [-0.4, -0.2) is 30.5 Å². The average Bonchev–Trinajstić information content (AvgIpc) is 2.66. The Labute approximate surface area is 148 Å². The summed E-state index contributed by atoms with van der Waals surface area (Å²) in [5.74, 6) is 1.13. The highest BCUT2D eigenvalue weighted by molar-refractivity contribution is 5.96. The number of hydrogen-bond donors (Lipinski definition) is 0. The van der Waals surface area contributed by atoms with Gasteiger partial charge in [-0.1, -0.05) is 24.3 Å². The summed E-state index contributed by atoms with van der Waals surface area (Å²) >= 11 is 0. The molecular formula is C21H22N2O2. The molecule has 1 aliphatic rings. The first kappa shape index (κ1) is 17.0. The van der Waals surface area contributed by atoms with Gasteiger partial charge in [-0.2, -0.15) is 5.26 Å². The average molecular weight is 334 g/mol. The molecule has 25 heavy (non-hydrogen) atoms. The minimum absolute atomic E-state index is 0.0580. The van der Waals surface area contributed by atoms with E-state index in [0.717, 1.165) is 25.1 Å². The molecule has 1 unspecified atom stereocenters. The number of amides is 1. The predicted octanol–water partition coefficient (Wildman–Crippen LogP) is 3.80. The molecule has 0 N–H and O–H groups in total. The fraction of sp³-hybridized carbons (Fsp3) is 0.333. The Bertz CT molecular complexity index is 794. The van der Waals surface area contributed by atoms with Gasteiger partial charge < -0.3 is 9.64 Å². The van der Waals surface area contributed by atoms with Crippen molar-refractivity contribution in [2.45, 2.75) is 19.8 Å². The van der Waals surface area contributed by atoms with Crippen LogP contribution in [-0.2, 0) is 0 Å². The van der Waals surface area contributed by atoms with Crippen LogP contribution >= 0.6 is 0 Å². The number of hydrogen-bond acceptors (Lipinski definition) is 3. The van der Waals surface area contributed by atoms with E-state index in [-0.39, 0.29) is 5.91 Å². The zero-order valence-corrected chi connectivity index (χ0v) is 14.4. The van der Waals surface area contributed by atoms with Crippen LogP contribution in [0.15, 0.2) is 48.5 Å². The lowest BCUT2D eigenvalue weighted by Gasteiger charge is -2.33. The molecule has 0 aromatic heterocycles. The van der Waals surface area contributed by atoms with Gasteiger partial charge in [-0.25, -0.2) is 0 Å². The first-order chi connectivity index (χ1) is 12.2. The van der Waals surface area contributed by atoms with Crippen LogP contribution in [0.4, 0.5) is 0 Å². The summed E-state index contributed by atoms with van der Waals surface area (Å²) in [6, 6.07) is 17.1. The number of carbonyl (C=O) groups excluding carboxylic acids is 1. The molecule has 2 aromatic carbocycles. The highest BCUT2D eigenvalue weighted by atomic mass is 16.5. The second kappa shape index (κ2) is 7.85. The lowest BCUT2D eigenvalue weighted by molar-refractivity contribution is 0.0633. The third-order valence-electron chi connectivity index (χ3n) is 4.56. The third-order valence-corrected chi connectivity index (χ3v) is 4.56. The largest absolute Gasteiger partial charge is 0.493 e. The van der Waals surface area contributed by atoms with Crippen molar-refractivity contribution in [2.75, 3.05) is 19.7 Å². The molecule has 128 valence electrons. The maximum Gasteiger partial charge on any atom is 0.255 e. The Morgan fingerprint density at radius 1 is 1.28 bits per heavy atom. The van der Waals surface area contributed by atoms with E-state index >= 15 is 0 Å². The monoisotopic (exact) mass is 334 g/mol. The van der Waals surface area contributed by atoms with Crippen molar-refractivity contribution in [3.8, 4) is 11.8 Å². The molecule has 1 saturated heterocycles. The minimum Gasteiger partial charge on any atom is -0.493 e. The molecule has 1 fully saturated rings. The molecule has 0 spiro atoms. The smallest absolute Gasteiger partial charge is 0.255 e. The van der Waals surface area contributed by atoms with Crippen LogP contribution in [0.3, 0.4) is 0 Å². The van der Waals surface area contributed by atoms with Gasteiger partial charge in [0.05, 0.1) is 23.8 Å². The number of ether oxygens (including phenoxy) is 1. The molecular weight excluding hydrogens is 312 g/mol. The van der Waals surface area contributed by atoms with Crippen molar-refractivity contribution in [3.63, 3.8) is 0 Å². The number of rotatable bonds is 4. The number of likely N-dealkylation sites (tertiary alicyclic amines) is 1. The Morgan fingerprint density at radius 3 is 2.92 bits per heavy atom. The van der Waals surface area contributed by atoms with Crippen molar-refractivity contribution in [1.29, 1.82) is 5.26 Å². The number of piperidine rings is 1. The van der Waals surface area contributed by atoms with E-state index in [1.165, 1.54) is 5.56 Å². The van der Waals surface area contributed by atoms with E-state index < -0.39 is 0 Å². The lowest BCUT2D eigenvalue weighted by atomic mass is 9.97. The molecule has 3 rings (SSSR count). The van der Waals surface area contributed by atoms with Gasteiger partial charge in [0, 0.05) is 19.0 Å². The Morgan fingerprint density at radius 2 is 2.12 bits per heavy atom. The summed E-state index contributed by atoms with van der Waals surface area (Å²) in [6.07, 6.45) is 2.01. The zero-order chi connectivity index (χ0) is 17.6. The van der Waals surface area contributed by atoms with E-state index in [9.17, 15) is 10.1 Å². The zero-order valence-electron chi connectivity index (χ0n) is 14.4. The van der Waals surface area contributed by atoms with Crippen molar-refractivity contribution in [3.05, 3.63) is 65.2 Å². The summed E-state index contributed by atoms with van der Waals surface area (Å²) in [6.45, 7) is 4.05. The second-order valence-electron chi connectivity index (χ2n) is 6.54. The first-order valence-corrected chi connectivity index (χ1v) is 8.65. The molecule has 4 nitrogen and oxygen atoms in total. The van der Waals surface area contributed by atoms with Gasteiger partial charge in [0.1, 0.15) is 5.75 Å². The van der Waals surface area contributed by atoms with Crippen molar-refractivity contribution in [2.24, 2.45) is 5.92 Å². The highest BCUT2D eigenvalue weighted by Gasteiger charge is 2.26. The Hall–Kier alpha value is -2.80. The summed E-state index contributed by atoms with van der Waals surface area (Å²) in [4.78, 5) is 14.6. The van der Waals surface area contributed by atoms with Crippen LogP contribution in [0.1, 0.15) is 34.3 Å². The summed E-state index contributed by atoms with van der Waals surface area (Å²) in [5.41, 5.74) is 2.10. The SMILES string of the molecule is Cc1cccc(OCC2CCCN(C(=O)c3ccccc3C#N)C2)c1. The van der Waals surface area contributed by atoms with E-state index in [2.05, 4.69) is 6.07 Å². The standard InChI is InChI=1S/C21H22N2O2/c1-16-6-4-9-19(12-16)25-15-17-7-5-11-23(14-17)21(24)20-10-3-2-8-18(20)13-22/h2-4,6,8-10,12,17H,5,7,11,14-15H2,1H3. The molecule has 1 heterocycles. The molecule has 1 atom stereocenters. The van der Waals surface area contributed by atoms with Gasteiger partial charge in [0.2, 0.25) is 0 Å².